The first kappa shape index (κ1) is 20.1. The van der Waals surface area contributed by atoms with E-state index in [4.69, 9.17) is 0 Å². The summed E-state index contributed by atoms with van der Waals surface area (Å²) in [4.78, 5) is 13.0. The van der Waals surface area contributed by atoms with Crippen LogP contribution in [-0.4, -0.2) is 31.9 Å². The molecule has 0 radical (unpaired) electrons. The van der Waals surface area contributed by atoms with E-state index in [1.165, 1.54) is 7.05 Å². The van der Waals surface area contributed by atoms with E-state index in [0.29, 0.717) is 5.56 Å². The van der Waals surface area contributed by atoms with Crippen molar-refractivity contribution < 1.29 is 13.2 Å². The van der Waals surface area contributed by atoms with Gasteiger partial charge in [-0.1, -0.05) is 54.1 Å². The molecule has 2 aromatic rings. The number of hydrogen-bond donors (Lipinski definition) is 1. The second-order valence-electron chi connectivity index (χ2n) is 6.68. The molecule has 2 atom stereocenters. The third-order valence-corrected chi connectivity index (χ3v) is 5.76. The summed E-state index contributed by atoms with van der Waals surface area (Å²) in [5.41, 5.74) is 3.89. The third-order valence-electron chi connectivity index (χ3n) is 4.50. The van der Waals surface area contributed by atoms with Gasteiger partial charge < -0.3 is 5.32 Å². The molecular weight excluding hydrogens is 348 g/mol. The van der Waals surface area contributed by atoms with Gasteiger partial charge in [-0.25, -0.2) is 8.42 Å². The molecule has 0 spiro atoms. The van der Waals surface area contributed by atoms with E-state index < -0.39 is 16.1 Å². The van der Waals surface area contributed by atoms with Crippen LogP contribution in [-0.2, 0) is 14.8 Å². The smallest absolute Gasteiger partial charge is 0.243 e. The highest BCUT2D eigenvalue weighted by Crippen LogP contribution is 2.24. The fraction of sp³-hybridized carbons (Fsp3) is 0.350. The van der Waals surface area contributed by atoms with Gasteiger partial charge in [-0.3, -0.25) is 4.79 Å². The van der Waals surface area contributed by atoms with Crippen LogP contribution >= 0.6 is 0 Å². The summed E-state index contributed by atoms with van der Waals surface area (Å²) in [7, 11) is -2.11. The molecule has 0 aliphatic carbocycles. The molecule has 5 nitrogen and oxygen atoms in total. The van der Waals surface area contributed by atoms with Crippen molar-refractivity contribution in [3.63, 3.8) is 0 Å². The Bertz CT molecular complexity index is 879. The van der Waals surface area contributed by atoms with Gasteiger partial charge in [-0.2, -0.15) is 4.31 Å². The van der Waals surface area contributed by atoms with Crippen molar-refractivity contribution in [1.82, 2.24) is 9.62 Å². The van der Waals surface area contributed by atoms with Crippen LogP contribution in [0, 0.1) is 13.8 Å². The lowest BCUT2D eigenvalue weighted by atomic mass is 9.99. The summed E-state index contributed by atoms with van der Waals surface area (Å²) in [5, 5.41) is 2.96. The maximum atomic E-state index is 13.0. The quantitative estimate of drug-likeness (QED) is 0.845. The Labute approximate surface area is 156 Å². The number of benzene rings is 2. The van der Waals surface area contributed by atoms with Crippen molar-refractivity contribution in [2.24, 2.45) is 0 Å². The van der Waals surface area contributed by atoms with E-state index in [2.05, 4.69) is 11.4 Å². The second kappa shape index (κ2) is 8.01. The van der Waals surface area contributed by atoms with E-state index >= 15 is 0 Å². The minimum Gasteiger partial charge on any atom is -0.348 e. The van der Waals surface area contributed by atoms with Crippen LogP contribution in [0.4, 0.5) is 0 Å². The number of carbonyl (C=O) groups excluding carboxylic acids is 1. The van der Waals surface area contributed by atoms with Crippen molar-refractivity contribution in [2.45, 2.75) is 32.9 Å². The zero-order valence-corrected chi connectivity index (χ0v) is 16.7. The van der Waals surface area contributed by atoms with Crippen molar-refractivity contribution >= 4 is 15.9 Å². The monoisotopic (exact) mass is 374 g/mol. The second-order valence-corrected chi connectivity index (χ2v) is 8.72. The minimum absolute atomic E-state index is 0.234. The highest BCUT2D eigenvalue weighted by molar-refractivity contribution is 7.88. The first-order valence-electron chi connectivity index (χ1n) is 8.46. The third kappa shape index (κ3) is 4.71. The Morgan fingerprint density at radius 1 is 1.08 bits per heavy atom. The minimum atomic E-state index is -3.54. The van der Waals surface area contributed by atoms with Gasteiger partial charge in [0.05, 0.1) is 12.3 Å². The summed E-state index contributed by atoms with van der Waals surface area (Å²) in [6.45, 7) is 5.92. The highest BCUT2D eigenvalue weighted by Gasteiger charge is 2.31. The van der Waals surface area contributed by atoms with Gasteiger partial charge in [0.15, 0.2) is 0 Å². The Morgan fingerprint density at radius 2 is 1.69 bits per heavy atom. The molecule has 0 bridgehead atoms. The number of nitrogens with zero attached hydrogens (tertiary/aromatic N) is 1. The van der Waals surface area contributed by atoms with Crippen LogP contribution in [0.3, 0.4) is 0 Å². The van der Waals surface area contributed by atoms with Gasteiger partial charge in [0.25, 0.3) is 0 Å². The Kier molecular flexibility index (Phi) is 6.21. The molecule has 0 unspecified atom stereocenters. The fourth-order valence-electron chi connectivity index (χ4n) is 3.03. The Hall–Kier alpha value is -2.18. The molecule has 0 saturated carbocycles. The molecule has 0 fully saturated rings. The largest absolute Gasteiger partial charge is 0.348 e. The summed E-state index contributed by atoms with van der Waals surface area (Å²) >= 11 is 0. The number of carbonyl (C=O) groups is 1. The van der Waals surface area contributed by atoms with E-state index in [9.17, 15) is 13.2 Å². The molecule has 0 aliphatic heterocycles. The Balaban J connectivity index is 2.32. The summed E-state index contributed by atoms with van der Waals surface area (Å²) in [6.07, 6.45) is 1.10. The molecule has 0 aromatic heterocycles. The zero-order valence-electron chi connectivity index (χ0n) is 15.9. The SMILES string of the molecule is Cc1ccc([C@H](C)NC(=O)[C@@H](c2ccccc2)N(C)S(C)(=O)=O)c(C)c1. The highest BCUT2D eigenvalue weighted by atomic mass is 32.2. The van der Waals surface area contributed by atoms with Gasteiger partial charge in [-0.05, 0) is 37.5 Å². The van der Waals surface area contributed by atoms with Crippen LogP contribution < -0.4 is 5.32 Å². The fourth-order valence-corrected chi connectivity index (χ4v) is 3.64. The van der Waals surface area contributed by atoms with Crippen LogP contribution in [0.15, 0.2) is 48.5 Å². The normalized spacial score (nSPS) is 14.1. The van der Waals surface area contributed by atoms with Crippen LogP contribution in [0.2, 0.25) is 0 Å². The number of sulfonamides is 1. The molecule has 2 rings (SSSR count). The van der Waals surface area contributed by atoms with Gasteiger partial charge in [0.2, 0.25) is 15.9 Å². The zero-order chi connectivity index (χ0) is 19.5. The topological polar surface area (TPSA) is 66.5 Å². The van der Waals surface area contributed by atoms with Crippen LogP contribution in [0.5, 0.6) is 0 Å². The van der Waals surface area contributed by atoms with Gasteiger partial charge in [-0.15, -0.1) is 0 Å². The summed E-state index contributed by atoms with van der Waals surface area (Å²) < 4.78 is 25.2. The van der Waals surface area contributed by atoms with Crippen LogP contribution in [0.25, 0.3) is 0 Å². The molecule has 2 aromatic carbocycles. The summed E-state index contributed by atoms with van der Waals surface area (Å²) in [6, 6.07) is 13.8. The van der Waals surface area contributed by atoms with Crippen molar-refractivity contribution in [2.75, 3.05) is 13.3 Å². The number of amides is 1. The van der Waals surface area contributed by atoms with E-state index in [-0.39, 0.29) is 11.9 Å². The lowest BCUT2D eigenvalue weighted by Crippen LogP contribution is -2.42. The van der Waals surface area contributed by atoms with E-state index in [0.717, 1.165) is 27.3 Å². The number of likely N-dealkylation sites (N-methyl/N-ethyl adjacent to an activating group) is 1. The molecule has 0 saturated heterocycles. The first-order chi connectivity index (χ1) is 12.1. The van der Waals surface area contributed by atoms with Gasteiger partial charge in [0, 0.05) is 7.05 Å². The number of rotatable bonds is 6. The lowest BCUT2D eigenvalue weighted by Gasteiger charge is -2.27. The predicted octanol–water partition coefficient (Wildman–Crippen LogP) is 3.11. The molecule has 140 valence electrons. The molecular formula is C20H26N2O3S. The maximum absolute atomic E-state index is 13.0. The van der Waals surface area contributed by atoms with E-state index in [1.54, 1.807) is 24.3 Å². The lowest BCUT2D eigenvalue weighted by molar-refractivity contribution is -0.125. The number of aryl methyl sites for hydroxylation is 2. The van der Waals surface area contributed by atoms with Gasteiger partial charge >= 0.3 is 0 Å². The molecule has 1 amide bonds. The predicted molar refractivity (Wildman–Crippen MR) is 104 cm³/mol. The van der Waals surface area contributed by atoms with Crippen LogP contribution in [0.1, 0.15) is 41.3 Å². The standard InChI is InChI=1S/C20H26N2O3S/c1-14-11-12-18(15(2)13-14)16(3)21-20(23)19(22(4)26(5,24)25)17-9-7-6-8-10-17/h6-13,16,19H,1-5H3,(H,21,23)/t16-,19+/m0/s1. The molecule has 26 heavy (non-hydrogen) atoms. The molecule has 1 N–H and O–H groups in total. The summed E-state index contributed by atoms with van der Waals surface area (Å²) in [5.74, 6) is -0.350. The van der Waals surface area contributed by atoms with Crippen molar-refractivity contribution in [1.29, 1.82) is 0 Å². The number of hydrogen-bond acceptors (Lipinski definition) is 3. The van der Waals surface area contributed by atoms with Crippen molar-refractivity contribution in [3.8, 4) is 0 Å². The maximum Gasteiger partial charge on any atom is 0.243 e. The molecule has 0 heterocycles. The van der Waals surface area contributed by atoms with Gasteiger partial charge in [0.1, 0.15) is 6.04 Å². The average molecular weight is 375 g/mol. The molecule has 0 aliphatic rings. The van der Waals surface area contributed by atoms with Crippen molar-refractivity contribution in [3.05, 3.63) is 70.8 Å². The molecule has 6 heteroatoms. The number of nitrogens with one attached hydrogen (secondary N) is 1. The first-order valence-corrected chi connectivity index (χ1v) is 10.3. The average Bonchev–Trinajstić information content (AvgIpc) is 2.54. The van der Waals surface area contributed by atoms with E-state index in [1.807, 2.05) is 39.0 Å². The Morgan fingerprint density at radius 3 is 2.23 bits per heavy atom.